The third-order valence-electron chi connectivity index (χ3n) is 1.15. The van der Waals surface area contributed by atoms with Gasteiger partial charge in [0.1, 0.15) is 0 Å². The first-order valence-electron chi connectivity index (χ1n) is 2.74. The number of hydrogen-bond donors (Lipinski definition) is 1. The van der Waals surface area contributed by atoms with Crippen LogP contribution in [0.5, 0.6) is 0 Å². The Morgan fingerprint density at radius 2 is 2.40 bits per heavy atom. The number of nitrogens with zero attached hydrogens (tertiary/aromatic N) is 1. The summed E-state index contributed by atoms with van der Waals surface area (Å²) in [5, 5.41) is 0. The van der Waals surface area contributed by atoms with Crippen molar-refractivity contribution in [2.45, 2.75) is 11.8 Å². The average molecular weight is 157 g/mol. The van der Waals surface area contributed by atoms with E-state index in [0.717, 1.165) is 0 Å². The van der Waals surface area contributed by atoms with Crippen LogP contribution in [0.3, 0.4) is 0 Å². The standard InChI is InChI=1S/C6H7NO2S/c1-5-6(10(8)9)3-2-4-7-5/h2-4H,1H3,(H,8,9). The van der Waals surface area contributed by atoms with Crippen molar-refractivity contribution in [1.29, 1.82) is 0 Å². The minimum atomic E-state index is -1.90. The van der Waals surface area contributed by atoms with E-state index in [-0.39, 0.29) is 0 Å². The maximum atomic E-state index is 10.5. The molecule has 4 heteroatoms. The van der Waals surface area contributed by atoms with Gasteiger partial charge in [-0.1, -0.05) is 0 Å². The molecule has 0 radical (unpaired) electrons. The van der Waals surface area contributed by atoms with Crippen LogP contribution in [0.1, 0.15) is 5.69 Å². The Labute approximate surface area is 61.4 Å². The van der Waals surface area contributed by atoms with Gasteiger partial charge in [-0.05, 0) is 19.1 Å². The van der Waals surface area contributed by atoms with E-state index in [1.165, 1.54) is 0 Å². The second kappa shape index (κ2) is 2.90. The van der Waals surface area contributed by atoms with Crippen LogP contribution in [-0.4, -0.2) is 13.7 Å². The SMILES string of the molecule is Cc1ncccc1S(=O)O. The molecule has 0 amide bonds. The molecule has 0 saturated carbocycles. The summed E-state index contributed by atoms with van der Waals surface area (Å²) in [6.45, 7) is 1.70. The lowest BCUT2D eigenvalue weighted by atomic mass is 10.4. The molecule has 0 aliphatic rings. The van der Waals surface area contributed by atoms with E-state index in [4.69, 9.17) is 4.55 Å². The highest BCUT2D eigenvalue weighted by atomic mass is 32.2. The van der Waals surface area contributed by atoms with Crippen LogP contribution in [0.4, 0.5) is 0 Å². The molecule has 0 saturated heterocycles. The first kappa shape index (κ1) is 7.37. The van der Waals surface area contributed by atoms with Gasteiger partial charge in [0.25, 0.3) is 0 Å². The second-order valence-corrected chi connectivity index (χ2v) is 2.77. The highest BCUT2D eigenvalue weighted by Gasteiger charge is 2.01. The van der Waals surface area contributed by atoms with Gasteiger partial charge in [0, 0.05) is 6.20 Å². The Morgan fingerprint density at radius 1 is 1.70 bits per heavy atom. The highest BCUT2D eigenvalue weighted by Crippen LogP contribution is 2.06. The maximum Gasteiger partial charge on any atom is 0.188 e. The Balaban J connectivity index is 3.15. The van der Waals surface area contributed by atoms with E-state index in [0.29, 0.717) is 10.6 Å². The number of aromatic nitrogens is 1. The van der Waals surface area contributed by atoms with E-state index in [1.54, 1.807) is 25.3 Å². The third kappa shape index (κ3) is 1.40. The van der Waals surface area contributed by atoms with E-state index >= 15 is 0 Å². The summed E-state index contributed by atoms with van der Waals surface area (Å²) in [7, 11) is 0. The van der Waals surface area contributed by atoms with Gasteiger partial charge in [-0.25, -0.2) is 4.21 Å². The largest absolute Gasteiger partial charge is 0.302 e. The first-order valence-corrected chi connectivity index (χ1v) is 3.85. The van der Waals surface area contributed by atoms with E-state index in [2.05, 4.69) is 4.98 Å². The molecule has 0 spiro atoms. The summed E-state index contributed by atoms with van der Waals surface area (Å²) < 4.78 is 19.1. The summed E-state index contributed by atoms with van der Waals surface area (Å²) in [4.78, 5) is 4.22. The van der Waals surface area contributed by atoms with Gasteiger partial charge in [-0.2, -0.15) is 0 Å². The van der Waals surface area contributed by atoms with Gasteiger partial charge >= 0.3 is 0 Å². The quantitative estimate of drug-likeness (QED) is 0.618. The Morgan fingerprint density at radius 3 is 2.80 bits per heavy atom. The normalized spacial score (nSPS) is 13.0. The molecule has 1 aromatic heterocycles. The molecule has 1 heterocycles. The van der Waals surface area contributed by atoms with Crippen LogP contribution in [-0.2, 0) is 11.1 Å². The fourth-order valence-electron chi connectivity index (χ4n) is 0.654. The number of pyridine rings is 1. The minimum absolute atomic E-state index is 0.377. The molecule has 1 unspecified atom stereocenters. The van der Waals surface area contributed by atoms with Crippen molar-refractivity contribution in [3.05, 3.63) is 24.0 Å². The molecule has 10 heavy (non-hydrogen) atoms. The second-order valence-electron chi connectivity index (χ2n) is 1.84. The average Bonchev–Trinajstić information content (AvgIpc) is 1.88. The lowest BCUT2D eigenvalue weighted by Gasteiger charge is -1.96. The molecule has 0 aliphatic carbocycles. The summed E-state index contributed by atoms with van der Waals surface area (Å²) in [6.07, 6.45) is 1.59. The summed E-state index contributed by atoms with van der Waals surface area (Å²) in [5.41, 5.74) is 0.600. The maximum absolute atomic E-state index is 10.5. The van der Waals surface area contributed by atoms with Gasteiger partial charge in [-0.15, -0.1) is 0 Å². The molecule has 1 atom stereocenters. The molecule has 0 aromatic carbocycles. The molecule has 0 aliphatic heterocycles. The van der Waals surface area contributed by atoms with Crippen molar-refractivity contribution in [3.8, 4) is 0 Å². The topological polar surface area (TPSA) is 50.2 Å². The number of hydrogen-bond acceptors (Lipinski definition) is 2. The van der Waals surface area contributed by atoms with E-state index < -0.39 is 11.1 Å². The summed E-state index contributed by atoms with van der Waals surface area (Å²) >= 11 is -1.90. The molecule has 54 valence electrons. The molecular weight excluding hydrogens is 150 g/mol. The smallest absolute Gasteiger partial charge is 0.188 e. The van der Waals surface area contributed by atoms with Gasteiger partial charge in [0.05, 0.1) is 10.6 Å². The predicted octanol–water partition coefficient (Wildman–Crippen LogP) is 0.971. The van der Waals surface area contributed by atoms with Crippen LogP contribution >= 0.6 is 0 Å². The van der Waals surface area contributed by atoms with Crippen molar-refractivity contribution >= 4 is 11.1 Å². The van der Waals surface area contributed by atoms with Gasteiger partial charge in [0.15, 0.2) is 11.1 Å². The van der Waals surface area contributed by atoms with Gasteiger partial charge in [0.2, 0.25) is 0 Å². The zero-order valence-corrected chi connectivity index (χ0v) is 6.26. The molecular formula is C6H7NO2S. The summed E-state index contributed by atoms with van der Waals surface area (Å²) in [5.74, 6) is 0. The van der Waals surface area contributed by atoms with Crippen LogP contribution < -0.4 is 0 Å². The zero-order chi connectivity index (χ0) is 7.56. The number of rotatable bonds is 1. The Kier molecular flexibility index (Phi) is 2.13. The lowest BCUT2D eigenvalue weighted by Crippen LogP contribution is -1.93. The molecule has 3 nitrogen and oxygen atoms in total. The van der Waals surface area contributed by atoms with Crippen LogP contribution in [0.15, 0.2) is 23.2 Å². The monoisotopic (exact) mass is 157 g/mol. The number of aryl methyl sites for hydroxylation is 1. The molecule has 0 bridgehead atoms. The van der Waals surface area contributed by atoms with Crippen molar-refractivity contribution in [2.75, 3.05) is 0 Å². The highest BCUT2D eigenvalue weighted by molar-refractivity contribution is 7.79. The Bertz CT molecular complexity index is 262. The third-order valence-corrected chi connectivity index (χ3v) is 1.95. The van der Waals surface area contributed by atoms with E-state index in [1.807, 2.05) is 0 Å². The minimum Gasteiger partial charge on any atom is -0.302 e. The van der Waals surface area contributed by atoms with Crippen molar-refractivity contribution < 1.29 is 8.76 Å². The van der Waals surface area contributed by atoms with E-state index in [9.17, 15) is 4.21 Å². The summed E-state index contributed by atoms with van der Waals surface area (Å²) in [6, 6.07) is 3.22. The lowest BCUT2D eigenvalue weighted by molar-refractivity contribution is 0.563. The predicted molar refractivity (Wildman–Crippen MR) is 38.0 cm³/mol. The van der Waals surface area contributed by atoms with Crippen molar-refractivity contribution in [3.63, 3.8) is 0 Å². The molecule has 1 N–H and O–H groups in total. The van der Waals surface area contributed by atoms with Crippen molar-refractivity contribution in [1.82, 2.24) is 4.98 Å². The molecule has 1 aromatic rings. The van der Waals surface area contributed by atoms with Crippen LogP contribution in [0.25, 0.3) is 0 Å². The zero-order valence-electron chi connectivity index (χ0n) is 5.44. The molecule has 0 fully saturated rings. The van der Waals surface area contributed by atoms with Gasteiger partial charge < -0.3 is 4.55 Å². The fraction of sp³-hybridized carbons (Fsp3) is 0.167. The van der Waals surface area contributed by atoms with Crippen LogP contribution in [0.2, 0.25) is 0 Å². The molecule has 1 rings (SSSR count). The van der Waals surface area contributed by atoms with Gasteiger partial charge in [-0.3, -0.25) is 4.98 Å². The van der Waals surface area contributed by atoms with Crippen LogP contribution in [0, 0.1) is 6.92 Å². The van der Waals surface area contributed by atoms with Crippen molar-refractivity contribution in [2.24, 2.45) is 0 Å². The fourth-order valence-corrected chi connectivity index (χ4v) is 1.15. The first-order chi connectivity index (χ1) is 4.72. The Hall–Kier alpha value is -0.740.